The second-order valence-corrected chi connectivity index (χ2v) is 6.96. The topological polar surface area (TPSA) is 37.4 Å². The first-order chi connectivity index (χ1) is 11.6. The molecule has 0 saturated carbocycles. The molecule has 1 aliphatic heterocycles. The standard InChI is InChI=1S/C19H15NO2S2/c1-2-15-5-3-4-6-16(15)20-18(22)17(24-19(20)23)11-13-7-9-14(12-21)10-8-13/h3-12H,2H2,1H3. The van der Waals surface area contributed by atoms with E-state index in [0.29, 0.717) is 14.8 Å². The van der Waals surface area contributed by atoms with E-state index in [1.807, 2.05) is 42.5 Å². The van der Waals surface area contributed by atoms with E-state index in [0.717, 1.165) is 29.5 Å². The molecular formula is C19H15NO2S2. The van der Waals surface area contributed by atoms with Gasteiger partial charge in [-0.15, -0.1) is 0 Å². The molecule has 2 aromatic rings. The molecule has 1 saturated heterocycles. The zero-order chi connectivity index (χ0) is 17.1. The maximum absolute atomic E-state index is 12.8. The van der Waals surface area contributed by atoms with Crippen LogP contribution in [0, 0.1) is 0 Å². The van der Waals surface area contributed by atoms with Crippen LogP contribution in [0.4, 0.5) is 5.69 Å². The molecule has 0 aliphatic carbocycles. The van der Waals surface area contributed by atoms with Gasteiger partial charge in [0.15, 0.2) is 4.32 Å². The summed E-state index contributed by atoms with van der Waals surface area (Å²) in [6.07, 6.45) is 3.44. The van der Waals surface area contributed by atoms with Crippen molar-refractivity contribution < 1.29 is 9.59 Å². The van der Waals surface area contributed by atoms with Gasteiger partial charge in [-0.2, -0.15) is 0 Å². The Kier molecular flexibility index (Phi) is 4.92. The van der Waals surface area contributed by atoms with Crippen molar-refractivity contribution in [2.75, 3.05) is 4.90 Å². The zero-order valence-electron chi connectivity index (χ0n) is 13.1. The fourth-order valence-electron chi connectivity index (χ4n) is 2.53. The first-order valence-corrected chi connectivity index (χ1v) is 8.77. The molecule has 0 atom stereocenters. The Balaban J connectivity index is 1.93. The number of thioether (sulfide) groups is 1. The van der Waals surface area contributed by atoms with E-state index in [-0.39, 0.29) is 5.91 Å². The van der Waals surface area contributed by atoms with Crippen LogP contribution < -0.4 is 4.90 Å². The Bertz CT molecular complexity index is 841. The van der Waals surface area contributed by atoms with Gasteiger partial charge in [0.2, 0.25) is 0 Å². The lowest BCUT2D eigenvalue weighted by Crippen LogP contribution is -2.28. The number of carbonyl (C=O) groups excluding carboxylic acids is 2. The predicted molar refractivity (Wildman–Crippen MR) is 103 cm³/mol. The number of amides is 1. The van der Waals surface area contributed by atoms with Gasteiger partial charge < -0.3 is 0 Å². The van der Waals surface area contributed by atoms with Crippen LogP contribution in [0.3, 0.4) is 0 Å². The van der Waals surface area contributed by atoms with Crippen molar-refractivity contribution in [3.8, 4) is 0 Å². The van der Waals surface area contributed by atoms with Crippen molar-refractivity contribution in [2.24, 2.45) is 0 Å². The molecule has 0 radical (unpaired) electrons. The third-order valence-electron chi connectivity index (χ3n) is 3.78. The summed E-state index contributed by atoms with van der Waals surface area (Å²) in [4.78, 5) is 25.7. The summed E-state index contributed by atoms with van der Waals surface area (Å²) in [5.74, 6) is -0.106. The Hall–Kier alpha value is -2.24. The summed E-state index contributed by atoms with van der Waals surface area (Å²) in [5, 5.41) is 0. The first kappa shape index (κ1) is 16.6. The number of rotatable bonds is 4. The van der Waals surface area contributed by atoms with Crippen molar-refractivity contribution in [2.45, 2.75) is 13.3 Å². The summed E-state index contributed by atoms with van der Waals surface area (Å²) >= 11 is 6.72. The predicted octanol–water partition coefficient (Wildman–Crippen LogP) is 4.47. The van der Waals surface area contributed by atoms with Crippen LogP contribution in [0.15, 0.2) is 53.4 Å². The average Bonchev–Trinajstić information content (AvgIpc) is 2.89. The highest BCUT2D eigenvalue weighted by Crippen LogP contribution is 2.37. The van der Waals surface area contributed by atoms with Crippen LogP contribution in [0.5, 0.6) is 0 Å². The van der Waals surface area contributed by atoms with Gasteiger partial charge in [0.1, 0.15) is 6.29 Å². The van der Waals surface area contributed by atoms with Crippen LogP contribution >= 0.6 is 24.0 Å². The molecule has 0 aromatic heterocycles. The Morgan fingerprint density at radius 1 is 1.08 bits per heavy atom. The second-order valence-electron chi connectivity index (χ2n) is 5.28. The largest absolute Gasteiger partial charge is 0.298 e. The number of aldehydes is 1. The molecule has 0 N–H and O–H groups in total. The van der Waals surface area contributed by atoms with E-state index < -0.39 is 0 Å². The number of para-hydroxylation sites is 1. The van der Waals surface area contributed by atoms with Crippen LogP contribution in [-0.4, -0.2) is 16.5 Å². The molecule has 1 fully saturated rings. The molecule has 3 rings (SSSR count). The highest BCUT2D eigenvalue weighted by molar-refractivity contribution is 8.27. The van der Waals surface area contributed by atoms with Crippen molar-refractivity contribution >= 4 is 52.3 Å². The quantitative estimate of drug-likeness (QED) is 0.462. The average molecular weight is 353 g/mol. The Morgan fingerprint density at radius 2 is 1.75 bits per heavy atom. The summed E-state index contributed by atoms with van der Waals surface area (Å²) < 4.78 is 0.539. The molecule has 0 spiro atoms. The van der Waals surface area contributed by atoms with E-state index in [4.69, 9.17) is 12.2 Å². The summed E-state index contributed by atoms with van der Waals surface area (Å²) in [6, 6.07) is 14.9. The van der Waals surface area contributed by atoms with Gasteiger partial charge in [-0.1, -0.05) is 73.4 Å². The van der Waals surface area contributed by atoms with Gasteiger partial charge in [-0.05, 0) is 29.7 Å². The van der Waals surface area contributed by atoms with Gasteiger partial charge in [-0.25, -0.2) is 0 Å². The number of benzene rings is 2. The fraction of sp³-hybridized carbons (Fsp3) is 0.105. The summed E-state index contributed by atoms with van der Waals surface area (Å²) in [7, 11) is 0. The maximum atomic E-state index is 12.8. The van der Waals surface area contributed by atoms with E-state index in [2.05, 4.69) is 6.92 Å². The summed E-state index contributed by atoms with van der Waals surface area (Å²) in [5.41, 5.74) is 3.41. The van der Waals surface area contributed by atoms with Gasteiger partial charge in [0, 0.05) is 5.56 Å². The smallest absolute Gasteiger partial charge is 0.270 e. The Morgan fingerprint density at radius 3 is 2.42 bits per heavy atom. The van der Waals surface area contributed by atoms with Crippen molar-refractivity contribution in [3.63, 3.8) is 0 Å². The molecular weight excluding hydrogens is 338 g/mol. The third kappa shape index (κ3) is 3.18. The number of nitrogens with zero attached hydrogens (tertiary/aromatic N) is 1. The number of carbonyl (C=O) groups is 2. The molecule has 1 aliphatic rings. The minimum Gasteiger partial charge on any atom is -0.298 e. The lowest BCUT2D eigenvalue weighted by atomic mass is 10.1. The highest BCUT2D eigenvalue weighted by atomic mass is 32.2. The molecule has 120 valence electrons. The first-order valence-electron chi connectivity index (χ1n) is 7.55. The fourth-order valence-corrected chi connectivity index (χ4v) is 3.81. The maximum Gasteiger partial charge on any atom is 0.270 e. The molecule has 24 heavy (non-hydrogen) atoms. The molecule has 2 aromatic carbocycles. The van der Waals surface area contributed by atoms with Crippen LogP contribution in [-0.2, 0) is 11.2 Å². The minimum atomic E-state index is -0.106. The molecule has 0 bridgehead atoms. The molecule has 3 nitrogen and oxygen atoms in total. The van der Waals surface area contributed by atoms with E-state index in [1.165, 1.54) is 11.8 Å². The molecule has 1 heterocycles. The zero-order valence-corrected chi connectivity index (χ0v) is 14.7. The molecule has 0 unspecified atom stereocenters. The van der Waals surface area contributed by atoms with Gasteiger partial charge in [0.05, 0.1) is 10.6 Å². The van der Waals surface area contributed by atoms with Crippen molar-refractivity contribution in [1.29, 1.82) is 0 Å². The van der Waals surface area contributed by atoms with Gasteiger partial charge >= 0.3 is 0 Å². The number of hydrogen-bond donors (Lipinski definition) is 0. The van der Waals surface area contributed by atoms with Crippen molar-refractivity contribution in [3.05, 3.63) is 70.1 Å². The minimum absolute atomic E-state index is 0.106. The van der Waals surface area contributed by atoms with Crippen LogP contribution in [0.1, 0.15) is 28.4 Å². The SMILES string of the molecule is CCc1ccccc1N1C(=O)C(=Cc2ccc(C=O)cc2)SC1=S. The normalized spacial score (nSPS) is 16.0. The van der Waals surface area contributed by atoms with E-state index in [9.17, 15) is 9.59 Å². The van der Waals surface area contributed by atoms with Crippen LogP contribution in [0.25, 0.3) is 6.08 Å². The van der Waals surface area contributed by atoms with Gasteiger partial charge in [-0.3, -0.25) is 14.5 Å². The van der Waals surface area contributed by atoms with Crippen LogP contribution in [0.2, 0.25) is 0 Å². The molecule has 1 amide bonds. The number of thiocarbonyl (C=S) groups is 1. The second kappa shape index (κ2) is 7.11. The monoisotopic (exact) mass is 353 g/mol. The molecule has 5 heteroatoms. The Labute approximate surface area is 150 Å². The summed E-state index contributed by atoms with van der Waals surface area (Å²) in [6.45, 7) is 2.06. The number of aryl methyl sites for hydroxylation is 1. The lowest BCUT2D eigenvalue weighted by Gasteiger charge is -2.18. The van der Waals surface area contributed by atoms with E-state index >= 15 is 0 Å². The number of anilines is 1. The van der Waals surface area contributed by atoms with E-state index in [1.54, 1.807) is 17.0 Å². The highest BCUT2D eigenvalue weighted by Gasteiger charge is 2.34. The number of hydrogen-bond acceptors (Lipinski definition) is 4. The third-order valence-corrected chi connectivity index (χ3v) is 5.08. The van der Waals surface area contributed by atoms with Gasteiger partial charge in [0.25, 0.3) is 5.91 Å². The van der Waals surface area contributed by atoms with Crippen molar-refractivity contribution in [1.82, 2.24) is 0 Å². The lowest BCUT2D eigenvalue weighted by molar-refractivity contribution is -0.113.